The molecule has 150 valence electrons. The van der Waals surface area contributed by atoms with Gasteiger partial charge < -0.3 is 15.5 Å². The van der Waals surface area contributed by atoms with Gasteiger partial charge in [-0.2, -0.15) is 0 Å². The number of amides is 1. The first-order chi connectivity index (χ1) is 13.4. The quantitative estimate of drug-likeness (QED) is 0.768. The largest absolute Gasteiger partial charge is 0.372 e. The SMILES string of the molecule is CC1CCN(c2ccc(NC(=O)CN[C@@H](C)c3ccc(F)cc3F)cc2)CC1. The number of hydrogen-bond donors (Lipinski definition) is 2. The number of carbonyl (C=O) groups excluding carboxylic acids is 1. The molecule has 0 aliphatic carbocycles. The molecule has 2 N–H and O–H groups in total. The van der Waals surface area contributed by atoms with Crippen LogP contribution in [0.1, 0.15) is 38.3 Å². The maximum atomic E-state index is 13.8. The highest BCUT2D eigenvalue weighted by Gasteiger charge is 2.16. The Morgan fingerprint density at radius 3 is 2.46 bits per heavy atom. The maximum Gasteiger partial charge on any atom is 0.238 e. The molecule has 1 atom stereocenters. The highest BCUT2D eigenvalue weighted by molar-refractivity contribution is 5.92. The average molecular weight is 387 g/mol. The summed E-state index contributed by atoms with van der Waals surface area (Å²) in [5, 5.41) is 5.80. The van der Waals surface area contributed by atoms with E-state index in [1.165, 1.54) is 30.7 Å². The Labute approximate surface area is 164 Å². The van der Waals surface area contributed by atoms with Crippen LogP contribution in [0.25, 0.3) is 0 Å². The minimum absolute atomic E-state index is 0.0315. The molecule has 0 aromatic heterocycles. The van der Waals surface area contributed by atoms with E-state index in [9.17, 15) is 13.6 Å². The number of nitrogens with one attached hydrogen (secondary N) is 2. The first-order valence-corrected chi connectivity index (χ1v) is 9.75. The molecule has 1 aliphatic rings. The number of carbonyl (C=O) groups is 1. The summed E-state index contributed by atoms with van der Waals surface area (Å²) in [6.07, 6.45) is 2.41. The van der Waals surface area contributed by atoms with E-state index >= 15 is 0 Å². The highest BCUT2D eigenvalue weighted by Crippen LogP contribution is 2.24. The number of benzene rings is 2. The van der Waals surface area contributed by atoms with E-state index < -0.39 is 17.7 Å². The minimum Gasteiger partial charge on any atom is -0.372 e. The molecule has 1 heterocycles. The second-order valence-corrected chi connectivity index (χ2v) is 7.53. The predicted molar refractivity (Wildman–Crippen MR) is 108 cm³/mol. The lowest BCUT2D eigenvalue weighted by Gasteiger charge is -2.32. The van der Waals surface area contributed by atoms with Crippen molar-refractivity contribution in [2.45, 2.75) is 32.7 Å². The van der Waals surface area contributed by atoms with Crippen molar-refractivity contribution in [1.29, 1.82) is 0 Å². The number of nitrogens with zero attached hydrogens (tertiary/aromatic N) is 1. The lowest BCUT2D eigenvalue weighted by atomic mass is 9.99. The first-order valence-electron chi connectivity index (χ1n) is 9.75. The van der Waals surface area contributed by atoms with E-state index in [1.54, 1.807) is 6.92 Å². The van der Waals surface area contributed by atoms with Crippen molar-refractivity contribution < 1.29 is 13.6 Å². The Bertz CT molecular complexity index is 802. The molecule has 1 saturated heterocycles. The van der Waals surface area contributed by atoms with Crippen LogP contribution in [0, 0.1) is 17.6 Å². The van der Waals surface area contributed by atoms with Crippen molar-refractivity contribution in [3.05, 3.63) is 59.7 Å². The predicted octanol–water partition coefficient (Wildman–Crippen LogP) is 4.49. The van der Waals surface area contributed by atoms with Gasteiger partial charge in [0.15, 0.2) is 0 Å². The molecule has 1 fully saturated rings. The van der Waals surface area contributed by atoms with Crippen LogP contribution in [0.4, 0.5) is 20.2 Å². The van der Waals surface area contributed by atoms with E-state index in [-0.39, 0.29) is 12.5 Å². The zero-order valence-corrected chi connectivity index (χ0v) is 16.3. The fraction of sp³-hybridized carbons (Fsp3) is 0.409. The molecule has 1 aliphatic heterocycles. The molecule has 0 bridgehead atoms. The number of hydrogen-bond acceptors (Lipinski definition) is 3. The summed E-state index contributed by atoms with van der Waals surface area (Å²) in [6, 6.07) is 10.9. The summed E-state index contributed by atoms with van der Waals surface area (Å²) < 4.78 is 26.8. The summed E-state index contributed by atoms with van der Waals surface area (Å²) in [5.74, 6) is -0.668. The summed E-state index contributed by atoms with van der Waals surface area (Å²) >= 11 is 0. The van der Waals surface area contributed by atoms with Crippen LogP contribution < -0.4 is 15.5 Å². The van der Waals surface area contributed by atoms with Gasteiger partial charge in [-0.05, 0) is 56.0 Å². The van der Waals surface area contributed by atoms with Gasteiger partial charge in [-0.3, -0.25) is 4.79 Å². The lowest BCUT2D eigenvalue weighted by Crippen LogP contribution is -2.32. The molecule has 0 saturated carbocycles. The zero-order chi connectivity index (χ0) is 20.1. The summed E-state index contributed by atoms with van der Waals surface area (Å²) in [5.41, 5.74) is 2.22. The Balaban J connectivity index is 1.49. The van der Waals surface area contributed by atoms with E-state index in [0.29, 0.717) is 5.56 Å². The minimum atomic E-state index is -0.622. The van der Waals surface area contributed by atoms with Crippen molar-refractivity contribution in [3.8, 4) is 0 Å². The molecular weight excluding hydrogens is 360 g/mol. The normalized spacial score (nSPS) is 16.1. The number of halogens is 2. The van der Waals surface area contributed by atoms with E-state index in [0.717, 1.165) is 30.8 Å². The van der Waals surface area contributed by atoms with Crippen LogP contribution in [0.5, 0.6) is 0 Å². The third-order valence-corrected chi connectivity index (χ3v) is 5.30. The van der Waals surface area contributed by atoms with E-state index in [4.69, 9.17) is 0 Å². The van der Waals surface area contributed by atoms with Crippen molar-refractivity contribution in [1.82, 2.24) is 5.32 Å². The van der Waals surface area contributed by atoms with Crippen molar-refractivity contribution in [2.24, 2.45) is 5.92 Å². The Kier molecular flexibility index (Phi) is 6.62. The van der Waals surface area contributed by atoms with E-state index in [1.807, 2.05) is 24.3 Å². The Hall–Kier alpha value is -2.47. The van der Waals surface area contributed by atoms with Crippen LogP contribution >= 0.6 is 0 Å². The molecule has 2 aromatic carbocycles. The molecule has 0 radical (unpaired) electrons. The Morgan fingerprint density at radius 1 is 1.14 bits per heavy atom. The van der Waals surface area contributed by atoms with Crippen LogP contribution in [0.3, 0.4) is 0 Å². The zero-order valence-electron chi connectivity index (χ0n) is 16.3. The number of piperidine rings is 1. The Morgan fingerprint density at radius 2 is 1.82 bits per heavy atom. The van der Waals surface area contributed by atoms with Crippen LogP contribution in [0.15, 0.2) is 42.5 Å². The second-order valence-electron chi connectivity index (χ2n) is 7.53. The van der Waals surface area contributed by atoms with Gasteiger partial charge >= 0.3 is 0 Å². The average Bonchev–Trinajstić information content (AvgIpc) is 2.67. The van der Waals surface area contributed by atoms with E-state index in [2.05, 4.69) is 22.5 Å². The fourth-order valence-corrected chi connectivity index (χ4v) is 3.44. The highest BCUT2D eigenvalue weighted by atomic mass is 19.1. The number of anilines is 2. The number of rotatable bonds is 6. The monoisotopic (exact) mass is 387 g/mol. The van der Waals surface area contributed by atoms with Crippen LogP contribution in [0.2, 0.25) is 0 Å². The molecule has 1 amide bonds. The van der Waals surface area contributed by atoms with Gasteiger partial charge in [0.1, 0.15) is 11.6 Å². The molecule has 0 spiro atoms. The van der Waals surface area contributed by atoms with Gasteiger partial charge in [-0.25, -0.2) is 8.78 Å². The molecule has 0 unspecified atom stereocenters. The molecule has 3 rings (SSSR count). The maximum absolute atomic E-state index is 13.8. The molecule has 4 nitrogen and oxygen atoms in total. The topological polar surface area (TPSA) is 44.4 Å². The van der Waals surface area contributed by atoms with Gasteiger partial charge in [0.25, 0.3) is 0 Å². The summed E-state index contributed by atoms with van der Waals surface area (Å²) in [6.45, 7) is 6.18. The first kappa shape index (κ1) is 20.3. The van der Waals surface area contributed by atoms with Crippen molar-refractivity contribution in [3.63, 3.8) is 0 Å². The standard InChI is InChI=1S/C22H27F2N3O/c1-15-9-11-27(12-10-15)19-6-4-18(5-7-19)26-22(28)14-25-16(2)20-8-3-17(23)13-21(20)24/h3-8,13,15-16,25H,9-12,14H2,1-2H3,(H,26,28)/t16-/m0/s1. The molecule has 6 heteroatoms. The van der Waals surface area contributed by atoms with Gasteiger partial charge in [0.2, 0.25) is 5.91 Å². The van der Waals surface area contributed by atoms with Crippen LogP contribution in [-0.2, 0) is 4.79 Å². The molecule has 28 heavy (non-hydrogen) atoms. The third kappa shape index (κ3) is 5.29. The summed E-state index contributed by atoms with van der Waals surface area (Å²) in [7, 11) is 0. The van der Waals surface area contributed by atoms with Gasteiger partial charge in [-0.15, -0.1) is 0 Å². The summed E-state index contributed by atoms with van der Waals surface area (Å²) in [4.78, 5) is 14.5. The third-order valence-electron chi connectivity index (χ3n) is 5.30. The van der Waals surface area contributed by atoms with Crippen molar-refractivity contribution >= 4 is 17.3 Å². The molecular formula is C22H27F2N3O. The van der Waals surface area contributed by atoms with Crippen molar-refractivity contribution in [2.75, 3.05) is 29.9 Å². The molecule has 2 aromatic rings. The van der Waals surface area contributed by atoms with Crippen LogP contribution in [-0.4, -0.2) is 25.5 Å². The van der Waals surface area contributed by atoms with Gasteiger partial charge in [0.05, 0.1) is 6.54 Å². The second kappa shape index (κ2) is 9.15. The lowest BCUT2D eigenvalue weighted by molar-refractivity contribution is -0.115. The van der Waals surface area contributed by atoms with Gasteiger partial charge in [-0.1, -0.05) is 13.0 Å². The smallest absolute Gasteiger partial charge is 0.238 e. The van der Waals surface area contributed by atoms with Gasteiger partial charge in [0, 0.05) is 42.1 Å². The fourth-order valence-electron chi connectivity index (χ4n) is 3.44.